The van der Waals surface area contributed by atoms with E-state index >= 15 is 0 Å². The van der Waals surface area contributed by atoms with Gasteiger partial charge in [0.25, 0.3) is 0 Å². The van der Waals surface area contributed by atoms with Gasteiger partial charge in [0.15, 0.2) is 0 Å². The first-order valence-corrected chi connectivity index (χ1v) is 7.35. The van der Waals surface area contributed by atoms with E-state index in [4.69, 9.17) is 0 Å². The van der Waals surface area contributed by atoms with Gasteiger partial charge in [-0.1, -0.05) is 0 Å². The van der Waals surface area contributed by atoms with Crippen molar-refractivity contribution in [2.24, 2.45) is 5.92 Å². The molecular weight excluding hydrogens is 226 g/mol. The van der Waals surface area contributed by atoms with Crippen LogP contribution in [0.2, 0.25) is 0 Å². The maximum absolute atomic E-state index is 12.3. The molecule has 2 heterocycles. The number of rotatable bonds is 2. The molecule has 0 aromatic rings. The normalized spacial score (nSPS) is 23.1. The molecule has 2 fully saturated rings. The summed E-state index contributed by atoms with van der Waals surface area (Å²) in [6, 6.07) is 0.244. The second-order valence-electron chi connectivity index (χ2n) is 5.96. The minimum atomic E-state index is 0.244. The highest BCUT2D eigenvalue weighted by Crippen LogP contribution is 2.18. The lowest BCUT2D eigenvalue weighted by molar-refractivity contribution is 0.134. The lowest BCUT2D eigenvalue weighted by Gasteiger charge is -2.35. The molecule has 0 atom stereocenters. The minimum Gasteiger partial charge on any atom is -0.327 e. The van der Waals surface area contributed by atoms with Crippen molar-refractivity contribution in [3.05, 3.63) is 0 Å². The Hall–Kier alpha value is -0.770. The monoisotopic (exact) mass is 253 g/mol. The molecule has 0 saturated carbocycles. The van der Waals surface area contributed by atoms with E-state index in [0.29, 0.717) is 5.92 Å². The molecule has 0 unspecified atom stereocenters. The van der Waals surface area contributed by atoms with Crippen LogP contribution in [0.3, 0.4) is 0 Å². The molecule has 0 aliphatic carbocycles. The average Bonchev–Trinajstić information content (AvgIpc) is 2.41. The second kappa shape index (κ2) is 6.41. The van der Waals surface area contributed by atoms with Gasteiger partial charge in [-0.15, -0.1) is 0 Å². The topological polar surface area (TPSA) is 26.8 Å². The molecule has 0 radical (unpaired) electrons. The van der Waals surface area contributed by atoms with Crippen LogP contribution in [-0.4, -0.2) is 67.5 Å². The molecule has 0 aromatic carbocycles. The highest BCUT2D eigenvalue weighted by atomic mass is 16.2. The third-order valence-electron chi connectivity index (χ3n) is 4.32. The Labute approximate surface area is 111 Å². The van der Waals surface area contributed by atoms with Crippen molar-refractivity contribution in [3.8, 4) is 0 Å². The summed E-state index contributed by atoms with van der Waals surface area (Å²) in [5, 5.41) is 0. The van der Waals surface area contributed by atoms with Crippen molar-refractivity contribution in [1.82, 2.24) is 14.7 Å². The smallest absolute Gasteiger partial charge is 0.319 e. The van der Waals surface area contributed by atoms with Gasteiger partial charge < -0.3 is 14.7 Å². The maximum atomic E-state index is 12.3. The Morgan fingerprint density at radius 1 is 1.11 bits per heavy atom. The molecule has 2 aliphatic heterocycles. The van der Waals surface area contributed by atoms with Crippen molar-refractivity contribution < 1.29 is 4.79 Å². The molecule has 0 aromatic heterocycles. The van der Waals surface area contributed by atoms with E-state index in [2.05, 4.69) is 11.9 Å². The summed E-state index contributed by atoms with van der Waals surface area (Å²) in [4.78, 5) is 18.6. The largest absolute Gasteiger partial charge is 0.327 e. The Morgan fingerprint density at radius 3 is 2.33 bits per heavy atom. The van der Waals surface area contributed by atoms with Crippen LogP contribution in [-0.2, 0) is 0 Å². The first kappa shape index (κ1) is 13.7. The van der Waals surface area contributed by atoms with Gasteiger partial charge in [-0.2, -0.15) is 0 Å². The number of amides is 2. The number of carbonyl (C=O) groups is 1. The summed E-state index contributed by atoms with van der Waals surface area (Å²) in [5.74, 6) is 0.694. The van der Waals surface area contributed by atoms with Gasteiger partial charge in [0.2, 0.25) is 0 Å². The summed E-state index contributed by atoms with van der Waals surface area (Å²) < 4.78 is 0. The first-order chi connectivity index (χ1) is 8.66. The lowest BCUT2D eigenvalue weighted by atomic mass is 9.97. The molecule has 104 valence electrons. The highest BCUT2D eigenvalue weighted by Gasteiger charge is 2.24. The van der Waals surface area contributed by atoms with Crippen molar-refractivity contribution in [3.63, 3.8) is 0 Å². The average molecular weight is 253 g/mol. The zero-order valence-corrected chi connectivity index (χ0v) is 11.9. The molecule has 2 amide bonds. The zero-order valence-electron chi connectivity index (χ0n) is 11.9. The SMILES string of the molecule is CN1CCC(CN(C)C(=O)N2CCCCC2)CC1. The number of hydrogen-bond acceptors (Lipinski definition) is 2. The van der Waals surface area contributed by atoms with Gasteiger partial charge in [-0.05, 0) is 58.2 Å². The first-order valence-electron chi connectivity index (χ1n) is 7.35. The van der Waals surface area contributed by atoms with Crippen LogP contribution in [0.25, 0.3) is 0 Å². The Morgan fingerprint density at radius 2 is 1.72 bits per heavy atom. The predicted octanol–water partition coefficient (Wildman–Crippen LogP) is 1.87. The van der Waals surface area contributed by atoms with Gasteiger partial charge >= 0.3 is 6.03 Å². The van der Waals surface area contributed by atoms with Crippen LogP contribution >= 0.6 is 0 Å². The van der Waals surface area contributed by atoms with E-state index in [1.807, 2.05) is 16.8 Å². The van der Waals surface area contributed by atoms with Crippen LogP contribution in [0.15, 0.2) is 0 Å². The van der Waals surface area contributed by atoms with Crippen molar-refractivity contribution in [2.75, 3.05) is 46.8 Å². The predicted molar refractivity (Wildman–Crippen MR) is 73.7 cm³/mol. The van der Waals surface area contributed by atoms with Gasteiger partial charge in [0.05, 0.1) is 0 Å². The fourth-order valence-corrected chi connectivity index (χ4v) is 3.04. The second-order valence-corrected chi connectivity index (χ2v) is 5.96. The molecule has 0 spiro atoms. The summed E-state index contributed by atoms with van der Waals surface area (Å²) in [5.41, 5.74) is 0. The summed E-state index contributed by atoms with van der Waals surface area (Å²) in [6.07, 6.45) is 6.09. The highest BCUT2D eigenvalue weighted by molar-refractivity contribution is 5.74. The molecule has 2 rings (SSSR count). The number of carbonyl (C=O) groups excluding carboxylic acids is 1. The van der Waals surface area contributed by atoms with Gasteiger partial charge in [-0.3, -0.25) is 0 Å². The summed E-state index contributed by atoms with van der Waals surface area (Å²) in [6.45, 7) is 5.20. The molecule has 0 N–H and O–H groups in total. The van der Waals surface area contributed by atoms with Crippen LogP contribution in [0, 0.1) is 5.92 Å². The third kappa shape index (κ3) is 3.61. The van der Waals surface area contributed by atoms with Gasteiger partial charge in [0.1, 0.15) is 0 Å². The van der Waals surface area contributed by atoms with Crippen LogP contribution in [0.5, 0.6) is 0 Å². The molecule has 4 nitrogen and oxygen atoms in total. The maximum Gasteiger partial charge on any atom is 0.319 e. The Kier molecular flexibility index (Phi) is 4.87. The number of nitrogens with zero attached hydrogens (tertiary/aromatic N) is 3. The van der Waals surface area contributed by atoms with E-state index in [0.717, 1.165) is 19.6 Å². The van der Waals surface area contributed by atoms with Gasteiger partial charge in [-0.25, -0.2) is 4.79 Å². The molecule has 2 aliphatic rings. The van der Waals surface area contributed by atoms with E-state index in [9.17, 15) is 4.79 Å². The molecule has 2 saturated heterocycles. The van der Waals surface area contributed by atoms with E-state index in [-0.39, 0.29) is 6.03 Å². The van der Waals surface area contributed by atoms with Crippen LogP contribution < -0.4 is 0 Å². The number of piperidine rings is 2. The molecule has 4 heteroatoms. The zero-order chi connectivity index (χ0) is 13.0. The number of likely N-dealkylation sites (tertiary alicyclic amines) is 2. The molecule has 0 bridgehead atoms. The quantitative estimate of drug-likeness (QED) is 0.751. The number of hydrogen-bond donors (Lipinski definition) is 0. The van der Waals surface area contributed by atoms with Crippen molar-refractivity contribution in [1.29, 1.82) is 0 Å². The van der Waals surface area contributed by atoms with Gasteiger partial charge in [0, 0.05) is 26.7 Å². The fourth-order valence-electron chi connectivity index (χ4n) is 3.04. The van der Waals surface area contributed by atoms with Crippen LogP contribution in [0.1, 0.15) is 32.1 Å². The molecular formula is C14H27N3O. The fraction of sp³-hybridized carbons (Fsp3) is 0.929. The summed E-state index contributed by atoms with van der Waals surface area (Å²) >= 11 is 0. The molecule has 18 heavy (non-hydrogen) atoms. The lowest BCUT2D eigenvalue weighted by Crippen LogP contribution is -2.46. The standard InChI is InChI=1S/C14H27N3O/c1-15-10-6-13(7-11-15)12-16(2)14(18)17-8-4-3-5-9-17/h13H,3-12H2,1-2H3. The van der Waals surface area contributed by atoms with E-state index in [1.165, 1.54) is 45.2 Å². The third-order valence-corrected chi connectivity index (χ3v) is 4.32. The van der Waals surface area contributed by atoms with E-state index in [1.54, 1.807) is 0 Å². The summed E-state index contributed by atoms with van der Waals surface area (Å²) in [7, 11) is 4.15. The van der Waals surface area contributed by atoms with E-state index < -0.39 is 0 Å². The Balaban J connectivity index is 1.76. The van der Waals surface area contributed by atoms with Crippen LogP contribution in [0.4, 0.5) is 4.79 Å². The number of urea groups is 1. The minimum absolute atomic E-state index is 0.244. The van der Waals surface area contributed by atoms with Crippen molar-refractivity contribution in [2.45, 2.75) is 32.1 Å². The Bertz CT molecular complexity index is 268. The van der Waals surface area contributed by atoms with Crippen molar-refractivity contribution >= 4 is 6.03 Å².